The van der Waals surface area contributed by atoms with Gasteiger partial charge < -0.3 is 0 Å². The number of Topliss-reactive ketones (excluding diaryl/α,β-unsaturated/α-hetero) is 1. The van der Waals surface area contributed by atoms with Crippen LogP contribution in [-0.4, -0.2) is 40.1 Å². The van der Waals surface area contributed by atoms with Gasteiger partial charge >= 0.3 is 0 Å². The highest BCUT2D eigenvalue weighted by Gasteiger charge is 2.42. The van der Waals surface area contributed by atoms with Gasteiger partial charge in [-0.1, -0.05) is 41.4 Å². The van der Waals surface area contributed by atoms with E-state index in [9.17, 15) is 19.2 Å². The second-order valence-electron chi connectivity index (χ2n) is 6.36. The number of hydrazine groups is 1. The van der Waals surface area contributed by atoms with Gasteiger partial charge in [0.05, 0.1) is 26.0 Å². The third-order valence-electron chi connectivity index (χ3n) is 4.50. The standard InChI is InChI=1S/C21H12Cl2N2O4S/c22-15-8-7-12(10-16(15)23)19(27)24(11-17(26)18-6-3-9-30-18)25-20(28)13-4-1-2-5-14(13)21(25)29/h1-10H,11H2. The Labute approximate surface area is 185 Å². The van der Waals surface area contributed by atoms with E-state index in [1.54, 1.807) is 29.6 Å². The molecular weight excluding hydrogens is 447 g/mol. The zero-order valence-electron chi connectivity index (χ0n) is 15.2. The molecule has 0 atom stereocenters. The summed E-state index contributed by atoms with van der Waals surface area (Å²) < 4.78 is 0. The average Bonchev–Trinajstić information content (AvgIpc) is 3.36. The molecule has 150 valence electrons. The molecule has 4 rings (SSSR count). The first kappa shape index (κ1) is 20.3. The maximum absolute atomic E-state index is 13.3. The number of thiophene rings is 1. The van der Waals surface area contributed by atoms with Crippen LogP contribution in [-0.2, 0) is 0 Å². The number of halogens is 2. The fourth-order valence-corrected chi connectivity index (χ4v) is 4.01. The SMILES string of the molecule is O=C(CN(C(=O)c1ccc(Cl)c(Cl)c1)N1C(=O)c2ccccc2C1=O)c1cccs1. The predicted molar refractivity (Wildman–Crippen MR) is 113 cm³/mol. The summed E-state index contributed by atoms with van der Waals surface area (Å²) in [4.78, 5) is 52.3. The van der Waals surface area contributed by atoms with Crippen LogP contribution >= 0.6 is 34.5 Å². The Hall–Kier alpha value is -3.00. The van der Waals surface area contributed by atoms with Crippen molar-refractivity contribution in [3.05, 3.63) is 91.6 Å². The Morgan fingerprint density at radius 1 is 0.900 bits per heavy atom. The largest absolute Gasteiger partial charge is 0.291 e. The number of carbonyl (C=O) groups excluding carboxylic acids is 4. The fraction of sp³-hybridized carbons (Fsp3) is 0.0476. The first-order chi connectivity index (χ1) is 14.4. The molecule has 30 heavy (non-hydrogen) atoms. The Morgan fingerprint density at radius 3 is 2.13 bits per heavy atom. The molecule has 3 amide bonds. The molecule has 2 aromatic carbocycles. The van der Waals surface area contributed by atoms with Gasteiger partial charge in [0, 0.05) is 5.56 Å². The maximum atomic E-state index is 13.3. The number of rotatable bonds is 5. The molecule has 1 aromatic heterocycles. The minimum Gasteiger partial charge on any atom is -0.291 e. The van der Waals surface area contributed by atoms with Crippen LogP contribution in [0.2, 0.25) is 10.0 Å². The highest BCUT2D eigenvalue weighted by Crippen LogP contribution is 2.28. The van der Waals surface area contributed by atoms with Gasteiger partial charge in [-0.2, -0.15) is 5.01 Å². The summed E-state index contributed by atoms with van der Waals surface area (Å²) >= 11 is 13.1. The van der Waals surface area contributed by atoms with E-state index in [2.05, 4.69) is 0 Å². The monoisotopic (exact) mass is 458 g/mol. The van der Waals surface area contributed by atoms with Crippen LogP contribution in [0.1, 0.15) is 40.7 Å². The second kappa shape index (κ2) is 8.02. The summed E-state index contributed by atoms with van der Waals surface area (Å²) in [5, 5.41) is 3.66. The third-order valence-corrected chi connectivity index (χ3v) is 6.15. The first-order valence-electron chi connectivity index (χ1n) is 8.70. The second-order valence-corrected chi connectivity index (χ2v) is 8.12. The van der Waals surface area contributed by atoms with E-state index in [4.69, 9.17) is 23.2 Å². The first-order valence-corrected chi connectivity index (χ1v) is 10.3. The van der Waals surface area contributed by atoms with Crippen molar-refractivity contribution >= 4 is 58.0 Å². The lowest BCUT2D eigenvalue weighted by Crippen LogP contribution is -2.51. The van der Waals surface area contributed by atoms with Gasteiger partial charge in [-0.05, 0) is 41.8 Å². The number of imide groups is 1. The average molecular weight is 459 g/mol. The number of nitrogens with zero attached hydrogens (tertiary/aromatic N) is 2. The zero-order chi connectivity index (χ0) is 21.4. The van der Waals surface area contributed by atoms with Crippen molar-refractivity contribution in [1.82, 2.24) is 10.0 Å². The Balaban J connectivity index is 1.75. The van der Waals surface area contributed by atoms with Gasteiger partial charge in [0.25, 0.3) is 17.7 Å². The molecule has 0 saturated heterocycles. The molecule has 0 radical (unpaired) electrons. The van der Waals surface area contributed by atoms with Gasteiger partial charge in [-0.25, -0.2) is 5.01 Å². The van der Waals surface area contributed by atoms with E-state index < -0.39 is 30.0 Å². The van der Waals surface area contributed by atoms with E-state index in [-0.39, 0.29) is 26.7 Å². The van der Waals surface area contributed by atoms with Crippen LogP contribution in [0.3, 0.4) is 0 Å². The summed E-state index contributed by atoms with van der Waals surface area (Å²) in [7, 11) is 0. The van der Waals surface area contributed by atoms with Crippen LogP contribution < -0.4 is 0 Å². The van der Waals surface area contributed by atoms with E-state index in [1.165, 1.54) is 41.7 Å². The molecule has 2 heterocycles. The quantitative estimate of drug-likeness (QED) is 0.413. The molecule has 0 aliphatic carbocycles. The molecule has 9 heteroatoms. The van der Waals surface area contributed by atoms with Crippen molar-refractivity contribution in [2.75, 3.05) is 6.54 Å². The van der Waals surface area contributed by atoms with E-state index in [1.807, 2.05) is 0 Å². The van der Waals surface area contributed by atoms with E-state index in [0.717, 1.165) is 5.01 Å². The lowest BCUT2D eigenvalue weighted by molar-refractivity contribution is 0.00536. The highest BCUT2D eigenvalue weighted by molar-refractivity contribution is 7.12. The number of amides is 3. The van der Waals surface area contributed by atoms with Gasteiger partial charge in [-0.15, -0.1) is 11.3 Å². The topological polar surface area (TPSA) is 74.8 Å². The van der Waals surface area contributed by atoms with Gasteiger partial charge in [0.2, 0.25) is 0 Å². The van der Waals surface area contributed by atoms with Crippen molar-refractivity contribution in [3.63, 3.8) is 0 Å². The van der Waals surface area contributed by atoms with E-state index in [0.29, 0.717) is 9.89 Å². The van der Waals surface area contributed by atoms with Crippen molar-refractivity contribution in [2.24, 2.45) is 0 Å². The molecule has 0 fully saturated rings. The molecule has 0 spiro atoms. The highest BCUT2D eigenvalue weighted by atomic mass is 35.5. The normalized spacial score (nSPS) is 12.8. The third kappa shape index (κ3) is 3.52. The molecule has 3 aromatic rings. The Kier molecular flexibility index (Phi) is 5.42. The number of ketones is 1. The lowest BCUT2D eigenvalue weighted by atomic mass is 10.1. The lowest BCUT2D eigenvalue weighted by Gasteiger charge is -2.29. The molecule has 6 nitrogen and oxygen atoms in total. The minimum atomic E-state index is -0.729. The Bertz CT molecular complexity index is 1160. The smallest absolute Gasteiger partial charge is 0.280 e. The summed E-state index contributed by atoms with van der Waals surface area (Å²) in [6, 6.07) is 13.7. The number of benzene rings is 2. The van der Waals surface area contributed by atoms with E-state index >= 15 is 0 Å². The number of fused-ring (bicyclic) bond motifs is 1. The van der Waals surface area contributed by atoms with Gasteiger partial charge in [-0.3, -0.25) is 19.2 Å². The van der Waals surface area contributed by atoms with Crippen molar-refractivity contribution in [2.45, 2.75) is 0 Å². The summed E-state index contributed by atoms with van der Waals surface area (Å²) in [6.45, 7) is -0.495. The van der Waals surface area contributed by atoms with Crippen LogP contribution in [0.5, 0.6) is 0 Å². The van der Waals surface area contributed by atoms with Crippen molar-refractivity contribution < 1.29 is 19.2 Å². The Morgan fingerprint density at radius 2 is 1.57 bits per heavy atom. The summed E-state index contributed by atoms with van der Waals surface area (Å²) in [6.07, 6.45) is 0. The van der Waals surface area contributed by atoms with Crippen LogP contribution in [0.15, 0.2) is 60.0 Å². The molecule has 1 aliphatic rings. The molecule has 0 saturated carbocycles. The van der Waals surface area contributed by atoms with Crippen LogP contribution in [0, 0.1) is 0 Å². The van der Waals surface area contributed by atoms with Crippen LogP contribution in [0.4, 0.5) is 0 Å². The maximum Gasteiger partial charge on any atom is 0.280 e. The van der Waals surface area contributed by atoms with Gasteiger partial charge in [0.1, 0.15) is 6.54 Å². The summed E-state index contributed by atoms with van der Waals surface area (Å²) in [5.41, 5.74) is 0.413. The fourth-order valence-electron chi connectivity index (χ4n) is 3.06. The molecule has 0 unspecified atom stereocenters. The molecule has 0 bridgehead atoms. The molecular formula is C21H12Cl2N2O4S. The predicted octanol–water partition coefficient (Wildman–Crippen LogP) is 4.59. The van der Waals surface area contributed by atoms with Crippen LogP contribution in [0.25, 0.3) is 0 Å². The number of hydrogen-bond acceptors (Lipinski definition) is 5. The molecule has 1 aliphatic heterocycles. The summed E-state index contributed by atoms with van der Waals surface area (Å²) in [5.74, 6) is -2.49. The molecule has 0 N–H and O–H groups in total. The van der Waals surface area contributed by atoms with Gasteiger partial charge in [0.15, 0.2) is 5.78 Å². The van der Waals surface area contributed by atoms with Crippen molar-refractivity contribution in [1.29, 1.82) is 0 Å². The van der Waals surface area contributed by atoms with Crippen molar-refractivity contribution in [3.8, 4) is 0 Å². The minimum absolute atomic E-state index is 0.0833. The number of carbonyl (C=O) groups is 4. The zero-order valence-corrected chi connectivity index (χ0v) is 17.5. The number of hydrogen-bond donors (Lipinski definition) is 0.